The first kappa shape index (κ1) is 7.95. The Morgan fingerprint density at radius 1 is 1.40 bits per heavy atom. The summed E-state index contributed by atoms with van der Waals surface area (Å²) in [5.41, 5.74) is 0. The van der Waals surface area contributed by atoms with Gasteiger partial charge in [-0.3, -0.25) is 0 Å². The lowest BCUT2D eigenvalue weighted by Crippen LogP contribution is -2.42. The zero-order valence-electron chi connectivity index (χ0n) is 7.15. The van der Waals surface area contributed by atoms with Crippen LogP contribution < -0.4 is 4.80 Å². The van der Waals surface area contributed by atoms with E-state index in [9.17, 15) is 0 Å². The first-order valence-corrected chi connectivity index (χ1v) is 9.16. The molecule has 0 saturated heterocycles. The Bertz CT molecular complexity index is 222. The largest absolute Gasteiger partial charge is 0.398 e. The van der Waals surface area contributed by atoms with Crippen LogP contribution in [0.15, 0.2) is 12.3 Å². The minimum absolute atomic E-state index is 0.336. The van der Waals surface area contributed by atoms with Crippen LogP contribution in [0, 0.1) is 0 Å². The molecule has 0 bridgehead atoms. The zero-order valence-corrected chi connectivity index (χ0v) is 9.15. The molecule has 1 nitrogen and oxygen atoms in total. The second kappa shape index (κ2) is 2.47. The van der Waals surface area contributed by atoms with Gasteiger partial charge < -0.3 is 4.64 Å². The average molecular weight is 169 g/mol. The fraction of sp³-hybridized carbons (Fsp3) is 0.571. The van der Waals surface area contributed by atoms with Crippen molar-refractivity contribution in [1.29, 1.82) is 0 Å². The topological polar surface area (TPSA) is 15.8 Å². The van der Waals surface area contributed by atoms with Crippen LogP contribution in [0.4, 0.5) is 0 Å². The van der Waals surface area contributed by atoms with Gasteiger partial charge in [0.1, 0.15) is 8.57 Å². The number of hydrogen-bond donors (Lipinski definition) is 1. The van der Waals surface area contributed by atoms with E-state index in [4.69, 9.17) is 0 Å². The van der Waals surface area contributed by atoms with Crippen molar-refractivity contribution in [2.75, 3.05) is 0 Å². The SMILES string of the molecule is C[si]1[nH]ccc1[Si](C)(C)C. The normalized spacial score (nSPS) is 12.0. The Morgan fingerprint density at radius 2 is 2.00 bits per heavy atom. The fourth-order valence-corrected chi connectivity index (χ4v) is 7.39. The van der Waals surface area contributed by atoms with Crippen molar-refractivity contribution in [3.05, 3.63) is 12.3 Å². The van der Waals surface area contributed by atoms with Gasteiger partial charge in [-0.25, -0.2) is 0 Å². The molecule has 56 valence electrons. The summed E-state index contributed by atoms with van der Waals surface area (Å²) < 4.78 is 3.40. The molecule has 3 heteroatoms. The number of H-pyrrole nitrogens is 1. The Morgan fingerprint density at radius 3 is 2.20 bits per heavy atom. The van der Waals surface area contributed by atoms with E-state index >= 15 is 0 Å². The molecule has 0 atom stereocenters. The number of hydrogen-bond acceptors (Lipinski definition) is 0. The number of aromatic nitrogens is 1. The van der Waals surface area contributed by atoms with Gasteiger partial charge >= 0.3 is 0 Å². The fourth-order valence-electron chi connectivity index (χ4n) is 1.27. The summed E-state index contributed by atoms with van der Waals surface area (Å²) in [6.07, 6.45) is 2.11. The molecule has 0 aromatic carbocycles. The molecule has 0 unspecified atom stereocenters. The van der Waals surface area contributed by atoms with Gasteiger partial charge in [0, 0.05) is 0 Å². The second-order valence-electron chi connectivity index (χ2n) is 3.77. The van der Waals surface area contributed by atoms with E-state index in [1.54, 1.807) is 4.80 Å². The van der Waals surface area contributed by atoms with E-state index in [1.165, 1.54) is 0 Å². The quantitative estimate of drug-likeness (QED) is 0.607. The third-order valence-corrected chi connectivity index (χ3v) is 8.49. The van der Waals surface area contributed by atoms with Gasteiger partial charge in [-0.05, 0) is 12.7 Å². The molecule has 0 fully saturated rings. The Labute approximate surface area is 65.1 Å². The van der Waals surface area contributed by atoms with E-state index < -0.39 is 8.07 Å². The molecular weight excluding hydrogens is 154 g/mol. The third-order valence-electron chi connectivity index (χ3n) is 1.76. The molecule has 0 aliphatic rings. The Balaban J connectivity index is 3.05. The van der Waals surface area contributed by atoms with Crippen molar-refractivity contribution in [2.45, 2.75) is 19.6 Å². The first-order valence-electron chi connectivity index (χ1n) is 3.66. The van der Waals surface area contributed by atoms with Gasteiger partial charge in [0.25, 0.3) is 0 Å². The van der Waals surface area contributed by atoms with Gasteiger partial charge in [0.15, 0.2) is 0 Å². The van der Waals surface area contributed by atoms with Gasteiger partial charge in [0.05, 0.1) is 8.07 Å². The highest BCUT2D eigenvalue weighted by Gasteiger charge is 2.18. The van der Waals surface area contributed by atoms with Crippen molar-refractivity contribution in [3.8, 4) is 0 Å². The molecule has 0 radical (unpaired) electrons. The van der Waals surface area contributed by atoms with E-state index in [0.717, 1.165) is 0 Å². The monoisotopic (exact) mass is 169 g/mol. The minimum atomic E-state index is -0.975. The van der Waals surface area contributed by atoms with Crippen LogP contribution in [-0.4, -0.2) is 21.3 Å². The molecule has 0 aliphatic heterocycles. The zero-order chi connectivity index (χ0) is 7.78. The highest BCUT2D eigenvalue weighted by Crippen LogP contribution is 1.99. The predicted molar refractivity (Wildman–Crippen MR) is 50.7 cm³/mol. The molecule has 1 aromatic heterocycles. The maximum Gasteiger partial charge on any atom is 0.122 e. The average Bonchev–Trinajstić information content (AvgIpc) is 2.11. The summed E-state index contributed by atoms with van der Waals surface area (Å²) in [6, 6.07) is 2.29. The molecule has 1 rings (SSSR count). The van der Waals surface area contributed by atoms with Crippen molar-refractivity contribution >= 4 is 21.4 Å². The number of aryl methyl sites for hydroxylation is 1. The van der Waals surface area contributed by atoms with Gasteiger partial charge in [-0.1, -0.05) is 30.5 Å². The molecule has 0 saturated carbocycles. The smallest absolute Gasteiger partial charge is 0.122 e. The molecule has 0 spiro atoms. The van der Waals surface area contributed by atoms with Crippen LogP contribution >= 0.6 is 0 Å². The van der Waals surface area contributed by atoms with Crippen LogP contribution in [0.5, 0.6) is 0 Å². The van der Waals surface area contributed by atoms with Crippen LogP contribution in [0.25, 0.3) is 0 Å². The molecule has 1 heterocycles. The van der Waals surface area contributed by atoms with Crippen molar-refractivity contribution in [2.24, 2.45) is 6.55 Å². The molecule has 1 N–H and O–H groups in total. The minimum Gasteiger partial charge on any atom is -0.398 e. The van der Waals surface area contributed by atoms with Crippen molar-refractivity contribution in [1.82, 2.24) is 4.64 Å². The summed E-state index contributed by atoms with van der Waals surface area (Å²) in [5.74, 6) is 0. The molecular formula is C7H15NSi2. The lowest BCUT2D eigenvalue weighted by atomic mass is 10.8. The lowest BCUT2D eigenvalue weighted by Gasteiger charge is -2.14. The molecule has 1 aromatic rings. The maximum atomic E-state index is 3.40. The molecule has 10 heavy (non-hydrogen) atoms. The number of nitrogens with one attached hydrogen (secondary N) is 1. The summed E-state index contributed by atoms with van der Waals surface area (Å²) in [6.45, 7) is 9.56. The summed E-state index contributed by atoms with van der Waals surface area (Å²) >= 11 is 0. The van der Waals surface area contributed by atoms with Crippen LogP contribution in [0.1, 0.15) is 0 Å². The summed E-state index contributed by atoms with van der Waals surface area (Å²) in [4.78, 5) is 1.73. The van der Waals surface area contributed by atoms with Crippen LogP contribution in [0.3, 0.4) is 0 Å². The molecule has 0 amide bonds. The van der Waals surface area contributed by atoms with E-state index in [-0.39, 0.29) is 8.57 Å². The van der Waals surface area contributed by atoms with Gasteiger partial charge in [-0.2, -0.15) is 0 Å². The third kappa shape index (κ3) is 1.46. The van der Waals surface area contributed by atoms with Crippen LogP contribution in [-0.2, 0) is 6.55 Å². The second-order valence-corrected chi connectivity index (χ2v) is 11.4. The van der Waals surface area contributed by atoms with E-state index in [2.05, 4.69) is 43.1 Å². The first-order chi connectivity index (χ1) is 4.52. The van der Waals surface area contributed by atoms with E-state index in [0.29, 0.717) is 0 Å². The lowest BCUT2D eigenvalue weighted by molar-refractivity contribution is 1.53. The van der Waals surface area contributed by atoms with Gasteiger partial charge in [-0.15, -0.1) is 0 Å². The maximum absolute atomic E-state index is 3.40. The highest BCUT2D eigenvalue weighted by atomic mass is 28.4. The summed E-state index contributed by atoms with van der Waals surface area (Å²) in [5, 5.41) is 0. The van der Waals surface area contributed by atoms with Crippen LogP contribution in [0.2, 0.25) is 19.6 Å². The highest BCUT2D eigenvalue weighted by molar-refractivity contribution is 6.97. The Kier molecular flexibility index (Phi) is 1.96. The number of aromatic amines is 1. The predicted octanol–water partition coefficient (Wildman–Crippen LogP) is 1.12. The van der Waals surface area contributed by atoms with Gasteiger partial charge in [0.2, 0.25) is 0 Å². The van der Waals surface area contributed by atoms with Crippen molar-refractivity contribution < 1.29 is 0 Å². The number of rotatable bonds is 1. The standard InChI is InChI=1S/C7H15NSi2/c1-9-7(5-6-8-9)10(2,3)4/h5-6,8H,1-4H3. The Hall–Kier alpha value is -0.156. The van der Waals surface area contributed by atoms with Crippen molar-refractivity contribution in [3.63, 3.8) is 0 Å². The summed E-state index contributed by atoms with van der Waals surface area (Å²) in [7, 11) is -1.31. The molecule has 0 aliphatic carbocycles. The van der Waals surface area contributed by atoms with E-state index in [1.807, 2.05) is 0 Å².